The molecule has 1 aromatic rings. The molecule has 0 spiro atoms. The van der Waals surface area contributed by atoms with Crippen molar-refractivity contribution in [2.45, 2.75) is 26.8 Å². The molecule has 16 heavy (non-hydrogen) atoms. The molecule has 0 bridgehead atoms. The quantitative estimate of drug-likeness (QED) is 0.806. The second kappa shape index (κ2) is 5.37. The lowest BCUT2D eigenvalue weighted by atomic mass is 9.94. The SMILES string of the molecule is CC(NCC(C)(C)CO)c1cncc(F)c1. The van der Waals surface area contributed by atoms with Gasteiger partial charge in [-0.3, -0.25) is 4.98 Å². The maximum Gasteiger partial charge on any atom is 0.141 e. The third kappa shape index (κ3) is 3.87. The summed E-state index contributed by atoms with van der Waals surface area (Å²) in [7, 11) is 0. The van der Waals surface area contributed by atoms with E-state index >= 15 is 0 Å². The lowest BCUT2D eigenvalue weighted by Crippen LogP contribution is -2.33. The minimum Gasteiger partial charge on any atom is -0.396 e. The smallest absolute Gasteiger partial charge is 0.141 e. The van der Waals surface area contributed by atoms with E-state index in [0.29, 0.717) is 6.54 Å². The Kier molecular flexibility index (Phi) is 4.38. The molecule has 0 saturated carbocycles. The Labute approximate surface area is 95.7 Å². The first-order chi connectivity index (χ1) is 7.44. The van der Waals surface area contributed by atoms with Crippen molar-refractivity contribution in [3.05, 3.63) is 29.8 Å². The zero-order chi connectivity index (χ0) is 12.2. The highest BCUT2D eigenvalue weighted by molar-refractivity contribution is 5.14. The van der Waals surface area contributed by atoms with Gasteiger partial charge in [0.2, 0.25) is 0 Å². The lowest BCUT2D eigenvalue weighted by molar-refractivity contribution is 0.154. The fourth-order valence-corrected chi connectivity index (χ4v) is 1.27. The van der Waals surface area contributed by atoms with Crippen LogP contribution in [-0.2, 0) is 0 Å². The van der Waals surface area contributed by atoms with Crippen LogP contribution in [0.1, 0.15) is 32.4 Å². The summed E-state index contributed by atoms with van der Waals surface area (Å²) in [6, 6.07) is 1.49. The van der Waals surface area contributed by atoms with E-state index in [9.17, 15) is 4.39 Å². The van der Waals surface area contributed by atoms with Crippen LogP contribution in [0, 0.1) is 11.2 Å². The van der Waals surface area contributed by atoms with Gasteiger partial charge in [-0.15, -0.1) is 0 Å². The van der Waals surface area contributed by atoms with Crippen LogP contribution < -0.4 is 5.32 Å². The summed E-state index contributed by atoms with van der Waals surface area (Å²) >= 11 is 0. The Morgan fingerprint density at radius 2 is 2.19 bits per heavy atom. The minimum atomic E-state index is -0.326. The van der Waals surface area contributed by atoms with E-state index in [-0.39, 0.29) is 23.9 Å². The molecule has 0 amide bonds. The molecule has 4 heteroatoms. The molecular weight excluding hydrogens is 207 g/mol. The zero-order valence-electron chi connectivity index (χ0n) is 10.00. The van der Waals surface area contributed by atoms with E-state index < -0.39 is 0 Å². The largest absolute Gasteiger partial charge is 0.396 e. The summed E-state index contributed by atoms with van der Waals surface area (Å²) < 4.78 is 12.9. The van der Waals surface area contributed by atoms with Crippen molar-refractivity contribution >= 4 is 0 Å². The first-order valence-corrected chi connectivity index (χ1v) is 5.39. The Balaban J connectivity index is 2.56. The number of aromatic nitrogens is 1. The molecular formula is C12H19FN2O. The van der Waals surface area contributed by atoms with E-state index in [4.69, 9.17) is 5.11 Å². The molecule has 1 unspecified atom stereocenters. The van der Waals surface area contributed by atoms with Crippen LogP contribution in [-0.4, -0.2) is 23.2 Å². The van der Waals surface area contributed by atoms with E-state index in [2.05, 4.69) is 10.3 Å². The number of aliphatic hydroxyl groups is 1. The van der Waals surface area contributed by atoms with Gasteiger partial charge in [0, 0.05) is 30.8 Å². The summed E-state index contributed by atoms with van der Waals surface area (Å²) in [5.41, 5.74) is 0.642. The third-order valence-corrected chi connectivity index (χ3v) is 2.54. The molecule has 0 aliphatic heterocycles. The maximum absolute atomic E-state index is 12.9. The molecule has 0 fully saturated rings. The molecule has 0 saturated heterocycles. The highest BCUT2D eigenvalue weighted by atomic mass is 19.1. The molecule has 1 aromatic heterocycles. The van der Waals surface area contributed by atoms with Gasteiger partial charge in [-0.2, -0.15) is 0 Å². The number of hydrogen-bond donors (Lipinski definition) is 2. The summed E-state index contributed by atoms with van der Waals surface area (Å²) in [5, 5.41) is 12.4. The number of nitrogens with zero attached hydrogens (tertiary/aromatic N) is 1. The number of rotatable bonds is 5. The van der Waals surface area contributed by atoms with Gasteiger partial charge >= 0.3 is 0 Å². The van der Waals surface area contributed by atoms with Gasteiger partial charge in [-0.1, -0.05) is 13.8 Å². The summed E-state index contributed by atoms with van der Waals surface area (Å²) in [6.45, 7) is 6.67. The standard InChI is InChI=1S/C12H19FN2O/c1-9(15-7-12(2,3)8-16)10-4-11(13)6-14-5-10/h4-6,9,15-16H,7-8H2,1-3H3. The second-order valence-corrected chi connectivity index (χ2v) is 4.86. The Morgan fingerprint density at radius 3 is 2.75 bits per heavy atom. The van der Waals surface area contributed by atoms with Crippen LogP contribution in [0.5, 0.6) is 0 Å². The van der Waals surface area contributed by atoms with Gasteiger partial charge in [0.15, 0.2) is 0 Å². The Hall–Kier alpha value is -1.00. The number of aliphatic hydroxyl groups excluding tert-OH is 1. The molecule has 3 nitrogen and oxygen atoms in total. The number of hydrogen-bond acceptors (Lipinski definition) is 3. The van der Waals surface area contributed by atoms with Crippen molar-refractivity contribution in [2.24, 2.45) is 5.41 Å². The van der Waals surface area contributed by atoms with E-state index in [1.165, 1.54) is 12.3 Å². The Morgan fingerprint density at radius 1 is 1.50 bits per heavy atom. The van der Waals surface area contributed by atoms with Crippen LogP contribution in [0.25, 0.3) is 0 Å². The first-order valence-electron chi connectivity index (χ1n) is 5.39. The van der Waals surface area contributed by atoms with Crippen molar-refractivity contribution in [1.82, 2.24) is 10.3 Å². The summed E-state index contributed by atoms with van der Waals surface area (Å²) in [4.78, 5) is 3.81. The molecule has 1 atom stereocenters. The molecule has 1 heterocycles. The summed E-state index contributed by atoms with van der Waals surface area (Å²) in [5.74, 6) is -0.326. The average molecular weight is 226 g/mol. The van der Waals surface area contributed by atoms with Gasteiger partial charge in [0.1, 0.15) is 5.82 Å². The van der Waals surface area contributed by atoms with Crippen molar-refractivity contribution in [1.29, 1.82) is 0 Å². The van der Waals surface area contributed by atoms with E-state index in [1.807, 2.05) is 20.8 Å². The van der Waals surface area contributed by atoms with Gasteiger partial charge in [0.25, 0.3) is 0 Å². The first kappa shape index (κ1) is 13.1. The zero-order valence-corrected chi connectivity index (χ0v) is 10.00. The molecule has 90 valence electrons. The Bertz CT molecular complexity index is 342. The fourth-order valence-electron chi connectivity index (χ4n) is 1.27. The van der Waals surface area contributed by atoms with Gasteiger partial charge < -0.3 is 10.4 Å². The monoisotopic (exact) mass is 226 g/mol. The predicted molar refractivity (Wildman–Crippen MR) is 61.5 cm³/mol. The normalized spacial score (nSPS) is 13.8. The van der Waals surface area contributed by atoms with Crippen LogP contribution in [0.3, 0.4) is 0 Å². The highest BCUT2D eigenvalue weighted by Gasteiger charge is 2.17. The van der Waals surface area contributed by atoms with Gasteiger partial charge in [0.05, 0.1) is 6.20 Å². The molecule has 0 radical (unpaired) electrons. The number of halogens is 1. The van der Waals surface area contributed by atoms with Crippen molar-refractivity contribution in [2.75, 3.05) is 13.2 Å². The number of nitrogens with one attached hydrogen (secondary N) is 1. The highest BCUT2D eigenvalue weighted by Crippen LogP contribution is 2.16. The van der Waals surface area contributed by atoms with E-state index in [1.54, 1.807) is 6.20 Å². The van der Waals surface area contributed by atoms with Crippen LogP contribution >= 0.6 is 0 Å². The number of pyridine rings is 1. The van der Waals surface area contributed by atoms with Crippen molar-refractivity contribution in [3.8, 4) is 0 Å². The van der Waals surface area contributed by atoms with E-state index in [0.717, 1.165) is 5.56 Å². The van der Waals surface area contributed by atoms with Crippen LogP contribution in [0.2, 0.25) is 0 Å². The molecule has 0 aromatic carbocycles. The third-order valence-electron chi connectivity index (χ3n) is 2.54. The van der Waals surface area contributed by atoms with Gasteiger partial charge in [-0.25, -0.2) is 4.39 Å². The van der Waals surface area contributed by atoms with Crippen molar-refractivity contribution in [3.63, 3.8) is 0 Å². The predicted octanol–water partition coefficient (Wildman–Crippen LogP) is 1.89. The molecule has 2 N–H and O–H groups in total. The molecule has 0 aliphatic rings. The van der Waals surface area contributed by atoms with Gasteiger partial charge in [-0.05, 0) is 18.6 Å². The average Bonchev–Trinajstić information content (AvgIpc) is 2.26. The topological polar surface area (TPSA) is 45.1 Å². The van der Waals surface area contributed by atoms with Crippen molar-refractivity contribution < 1.29 is 9.50 Å². The summed E-state index contributed by atoms with van der Waals surface area (Å²) in [6.07, 6.45) is 2.83. The van der Waals surface area contributed by atoms with Crippen LogP contribution in [0.4, 0.5) is 4.39 Å². The fraction of sp³-hybridized carbons (Fsp3) is 0.583. The molecule has 1 rings (SSSR count). The minimum absolute atomic E-state index is 0.0222. The van der Waals surface area contributed by atoms with Crippen LogP contribution in [0.15, 0.2) is 18.5 Å². The molecule has 0 aliphatic carbocycles. The maximum atomic E-state index is 12.9. The lowest BCUT2D eigenvalue weighted by Gasteiger charge is -2.24. The second-order valence-electron chi connectivity index (χ2n) is 4.86.